The molecule has 1 aromatic heterocycles. The average molecular weight is 279 g/mol. The first kappa shape index (κ1) is 14.4. The lowest BCUT2D eigenvalue weighted by atomic mass is 9.82. The molecule has 1 aliphatic rings. The molecule has 0 radical (unpaired) electrons. The van der Waals surface area contributed by atoms with Crippen LogP contribution in [0, 0.1) is 18.3 Å². The van der Waals surface area contributed by atoms with Crippen LogP contribution in [0.4, 0.5) is 0 Å². The minimum atomic E-state index is -0.354. The van der Waals surface area contributed by atoms with Crippen molar-refractivity contribution < 1.29 is 4.42 Å². The van der Waals surface area contributed by atoms with Gasteiger partial charge in [0.1, 0.15) is 11.8 Å². The number of aromatic nitrogens is 1. The summed E-state index contributed by atoms with van der Waals surface area (Å²) in [4.78, 5) is 4.33. The highest BCUT2D eigenvalue weighted by Gasteiger charge is 2.36. The van der Waals surface area contributed by atoms with Crippen molar-refractivity contribution in [3.8, 4) is 6.07 Å². The van der Waals surface area contributed by atoms with E-state index >= 15 is 0 Å². The normalized spacial score (nSPS) is 27.1. The fraction of sp³-hybridized carbons (Fsp3) is 0.714. The van der Waals surface area contributed by atoms with Crippen LogP contribution < -0.4 is 5.32 Å². The van der Waals surface area contributed by atoms with Crippen LogP contribution in [-0.2, 0) is 0 Å². The molecule has 2 atom stereocenters. The van der Waals surface area contributed by atoms with Crippen molar-refractivity contribution in [3.63, 3.8) is 0 Å². The molecule has 5 heteroatoms. The van der Waals surface area contributed by atoms with Crippen molar-refractivity contribution in [1.82, 2.24) is 10.3 Å². The molecular weight excluding hydrogens is 258 g/mol. The van der Waals surface area contributed by atoms with Crippen LogP contribution in [0.2, 0.25) is 0 Å². The predicted octanol–water partition coefficient (Wildman–Crippen LogP) is 3.28. The van der Waals surface area contributed by atoms with Gasteiger partial charge in [-0.05, 0) is 45.6 Å². The van der Waals surface area contributed by atoms with Gasteiger partial charge >= 0.3 is 0 Å². The molecule has 0 saturated heterocycles. The summed E-state index contributed by atoms with van der Waals surface area (Å²) in [6.07, 6.45) is 6.77. The van der Waals surface area contributed by atoms with Gasteiger partial charge in [-0.2, -0.15) is 5.26 Å². The Bertz CT molecular complexity index is 454. The van der Waals surface area contributed by atoms with Gasteiger partial charge in [-0.25, -0.2) is 4.98 Å². The van der Waals surface area contributed by atoms with Crippen LogP contribution in [-0.4, -0.2) is 22.3 Å². The van der Waals surface area contributed by atoms with Gasteiger partial charge in [0, 0.05) is 5.25 Å². The largest absolute Gasteiger partial charge is 0.440 e. The van der Waals surface area contributed by atoms with Crippen molar-refractivity contribution in [2.45, 2.75) is 62.0 Å². The molecule has 0 amide bonds. The number of aryl methyl sites for hydroxylation is 1. The summed E-state index contributed by atoms with van der Waals surface area (Å²) >= 11 is 1.67. The highest BCUT2D eigenvalue weighted by atomic mass is 32.2. The molecule has 1 aliphatic carbocycles. The zero-order chi connectivity index (χ0) is 13.7. The Morgan fingerprint density at radius 1 is 1.68 bits per heavy atom. The molecule has 19 heavy (non-hydrogen) atoms. The summed E-state index contributed by atoms with van der Waals surface area (Å²) < 4.78 is 5.40. The third kappa shape index (κ3) is 3.74. The summed E-state index contributed by atoms with van der Waals surface area (Å²) in [5.74, 6) is 0. The molecule has 1 saturated carbocycles. The molecule has 1 aromatic rings. The molecular formula is C14H21N3OS. The Labute approximate surface area is 119 Å². The van der Waals surface area contributed by atoms with Crippen molar-refractivity contribution in [2.24, 2.45) is 0 Å². The second-order valence-corrected chi connectivity index (χ2v) is 6.46. The van der Waals surface area contributed by atoms with E-state index in [0.29, 0.717) is 5.25 Å². The van der Waals surface area contributed by atoms with Gasteiger partial charge in [0.2, 0.25) is 0 Å². The lowest BCUT2D eigenvalue weighted by Crippen LogP contribution is -2.48. The van der Waals surface area contributed by atoms with Gasteiger partial charge in [-0.15, -0.1) is 0 Å². The third-order valence-corrected chi connectivity index (χ3v) is 4.62. The standard InChI is InChI=1S/C14H21N3OS/c1-3-7-16-14(10-15)6-4-5-12(8-14)19-13-17-11(2)9-18-13/h9,12,16H,3-8H2,1-2H3. The van der Waals surface area contributed by atoms with E-state index in [9.17, 15) is 5.26 Å². The van der Waals surface area contributed by atoms with E-state index in [-0.39, 0.29) is 5.54 Å². The number of oxazole rings is 1. The van der Waals surface area contributed by atoms with E-state index in [0.717, 1.165) is 49.6 Å². The maximum atomic E-state index is 9.50. The molecule has 1 heterocycles. The summed E-state index contributed by atoms with van der Waals surface area (Å²) in [6.45, 7) is 4.96. The fourth-order valence-electron chi connectivity index (χ4n) is 2.52. The van der Waals surface area contributed by atoms with Gasteiger partial charge in [0.05, 0.1) is 11.8 Å². The molecule has 4 nitrogen and oxygen atoms in total. The van der Waals surface area contributed by atoms with Crippen LogP contribution >= 0.6 is 11.8 Å². The Morgan fingerprint density at radius 2 is 2.53 bits per heavy atom. The zero-order valence-corrected chi connectivity index (χ0v) is 12.4. The molecule has 2 unspecified atom stereocenters. The number of rotatable bonds is 5. The lowest BCUT2D eigenvalue weighted by molar-refractivity contribution is 0.303. The van der Waals surface area contributed by atoms with Gasteiger partial charge in [-0.3, -0.25) is 5.32 Å². The summed E-state index contributed by atoms with van der Waals surface area (Å²) in [5.41, 5.74) is 0.557. The molecule has 1 N–H and O–H groups in total. The zero-order valence-electron chi connectivity index (χ0n) is 11.6. The molecule has 0 bridgehead atoms. The Morgan fingerprint density at radius 3 is 3.16 bits per heavy atom. The molecule has 0 spiro atoms. The van der Waals surface area contributed by atoms with Crippen LogP contribution in [0.3, 0.4) is 0 Å². The van der Waals surface area contributed by atoms with Gasteiger partial charge in [0.25, 0.3) is 5.22 Å². The Balaban J connectivity index is 1.97. The first-order valence-corrected chi connectivity index (χ1v) is 7.80. The van der Waals surface area contributed by atoms with Crippen LogP contribution in [0.15, 0.2) is 15.9 Å². The second kappa shape index (κ2) is 6.44. The van der Waals surface area contributed by atoms with Crippen LogP contribution in [0.25, 0.3) is 0 Å². The van der Waals surface area contributed by atoms with Crippen molar-refractivity contribution >= 4 is 11.8 Å². The third-order valence-electron chi connectivity index (χ3n) is 3.50. The molecule has 104 valence electrons. The van der Waals surface area contributed by atoms with E-state index in [1.54, 1.807) is 18.0 Å². The maximum Gasteiger partial charge on any atom is 0.256 e. The monoisotopic (exact) mass is 279 g/mol. The first-order chi connectivity index (χ1) is 9.17. The van der Waals surface area contributed by atoms with Gasteiger partial charge in [-0.1, -0.05) is 18.7 Å². The van der Waals surface area contributed by atoms with Crippen molar-refractivity contribution in [1.29, 1.82) is 5.26 Å². The number of hydrogen-bond donors (Lipinski definition) is 1. The van der Waals surface area contributed by atoms with E-state index in [1.807, 2.05) is 6.92 Å². The second-order valence-electron chi connectivity index (χ2n) is 5.21. The number of nitrogens with one attached hydrogen (secondary N) is 1. The minimum absolute atomic E-state index is 0.354. The number of nitriles is 1. The molecule has 1 fully saturated rings. The predicted molar refractivity (Wildman–Crippen MR) is 76.0 cm³/mol. The Kier molecular flexibility index (Phi) is 4.89. The Hall–Kier alpha value is -0.990. The van der Waals surface area contributed by atoms with Crippen LogP contribution in [0.1, 0.15) is 44.7 Å². The van der Waals surface area contributed by atoms with Gasteiger partial charge in [0.15, 0.2) is 0 Å². The maximum absolute atomic E-state index is 9.50. The molecule has 0 aromatic carbocycles. The summed E-state index contributed by atoms with van der Waals surface area (Å²) in [6, 6.07) is 2.50. The number of thioether (sulfide) groups is 1. The van der Waals surface area contributed by atoms with Crippen LogP contribution in [0.5, 0.6) is 0 Å². The summed E-state index contributed by atoms with van der Waals surface area (Å²) in [7, 11) is 0. The van der Waals surface area contributed by atoms with E-state index in [1.165, 1.54) is 0 Å². The quantitative estimate of drug-likeness (QED) is 0.896. The molecule has 0 aliphatic heterocycles. The minimum Gasteiger partial charge on any atom is -0.440 e. The van der Waals surface area contributed by atoms with Crippen molar-refractivity contribution in [2.75, 3.05) is 6.54 Å². The van der Waals surface area contributed by atoms with E-state index < -0.39 is 0 Å². The number of nitrogens with zero attached hydrogens (tertiary/aromatic N) is 2. The van der Waals surface area contributed by atoms with Crippen molar-refractivity contribution in [3.05, 3.63) is 12.0 Å². The summed E-state index contributed by atoms with van der Waals surface area (Å²) in [5, 5.41) is 14.1. The lowest BCUT2D eigenvalue weighted by Gasteiger charge is -2.35. The smallest absolute Gasteiger partial charge is 0.256 e. The topological polar surface area (TPSA) is 61.9 Å². The van der Waals surface area contributed by atoms with Gasteiger partial charge < -0.3 is 4.42 Å². The fourth-order valence-corrected chi connectivity index (χ4v) is 3.76. The molecule has 2 rings (SSSR count). The highest BCUT2D eigenvalue weighted by Crippen LogP contribution is 2.37. The van der Waals surface area contributed by atoms with E-state index in [2.05, 4.69) is 23.3 Å². The SMILES string of the molecule is CCCNC1(C#N)CCCC(Sc2nc(C)co2)C1. The highest BCUT2D eigenvalue weighted by molar-refractivity contribution is 7.99. The van der Waals surface area contributed by atoms with E-state index in [4.69, 9.17) is 4.42 Å². The number of hydrogen-bond acceptors (Lipinski definition) is 5. The average Bonchev–Trinajstić information content (AvgIpc) is 2.82. The first-order valence-electron chi connectivity index (χ1n) is 6.92.